The number of rotatable bonds is 5. The first-order valence-corrected chi connectivity index (χ1v) is 15.0. The number of amides is 2. The van der Waals surface area contributed by atoms with Gasteiger partial charge in [0.15, 0.2) is 0 Å². The van der Waals surface area contributed by atoms with Gasteiger partial charge >= 0.3 is 0 Å². The Morgan fingerprint density at radius 2 is 1.59 bits per heavy atom. The van der Waals surface area contributed by atoms with Crippen LogP contribution in [0.3, 0.4) is 0 Å². The van der Waals surface area contributed by atoms with Crippen LogP contribution in [0.1, 0.15) is 77.6 Å². The van der Waals surface area contributed by atoms with Gasteiger partial charge in [0.1, 0.15) is 11.4 Å². The summed E-state index contributed by atoms with van der Waals surface area (Å²) in [5, 5.41) is 58.4. The molecule has 8 N–H and O–H groups in total. The number of primary amides is 1. The van der Waals surface area contributed by atoms with Crippen LogP contribution in [0, 0.1) is 47.3 Å². The molecule has 0 aromatic heterocycles. The summed E-state index contributed by atoms with van der Waals surface area (Å²) >= 11 is 0. The Kier molecular flexibility index (Phi) is 8.16. The van der Waals surface area contributed by atoms with Crippen molar-refractivity contribution in [2.24, 2.45) is 53.1 Å². The van der Waals surface area contributed by atoms with Crippen molar-refractivity contribution in [1.29, 1.82) is 0 Å². The number of hydrogen-bond donors (Lipinski definition) is 7. The lowest BCUT2D eigenvalue weighted by Gasteiger charge is -2.60. The zero-order chi connectivity index (χ0) is 28.2. The zero-order valence-electron chi connectivity index (χ0n) is 22.8. The molecule has 2 amide bonds. The van der Waals surface area contributed by atoms with E-state index in [0.29, 0.717) is 25.2 Å². The van der Waals surface area contributed by atoms with Crippen LogP contribution >= 0.6 is 0 Å². The highest BCUT2D eigenvalue weighted by atomic mass is 16.4. The summed E-state index contributed by atoms with van der Waals surface area (Å²) in [5.41, 5.74) is 3.27. The van der Waals surface area contributed by atoms with Crippen LogP contribution in [0.2, 0.25) is 0 Å². The molecule has 5 aliphatic carbocycles. The van der Waals surface area contributed by atoms with Gasteiger partial charge in [-0.2, -0.15) is 0 Å². The molecule has 10 heteroatoms. The van der Waals surface area contributed by atoms with E-state index in [2.05, 4.69) is 5.32 Å². The number of Topliss-reactive ketones (excluding diaryl/α,β-unsaturated/α-hetero) is 1. The first kappa shape index (κ1) is 28.9. The summed E-state index contributed by atoms with van der Waals surface area (Å²) in [7, 11) is 0. The van der Waals surface area contributed by atoms with Gasteiger partial charge in [-0.15, -0.1) is 0 Å². The molecule has 0 radical (unpaired) electrons. The molecule has 0 bridgehead atoms. The van der Waals surface area contributed by atoms with Crippen molar-refractivity contribution in [2.45, 2.75) is 114 Å². The fraction of sp³-hybridized carbons (Fsp3) is 0.897. The topological polar surface area (TPSA) is 190 Å². The number of carbonyl (C=O) groups is 3. The van der Waals surface area contributed by atoms with Crippen LogP contribution in [-0.2, 0) is 14.4 Å². The van der Waals surface area contributed by atoms with Gasteiger partial charge in [-0.25, -0.2) is 0 Å². The minimum absolute atomic E-state index is 0.00610. The second-order valence-electron chi connectivity index (χ2n) is 13.5. The standard InChI is InChI=1S/C29H46N2O8/c1-13(32)31-18-7-3-14(4-8-18)2-5-15-6-9-20(33)23-19(15)11-16-10-17-12-21(34)24(28(30)38)27(37)29(17,39)26(36)22(16)25(23)35/h14-24,26-27,33-34,36-37,39H,2-12H2,1H3,(H2,30,38)(H,31,32)/t14?,15?,16-,17+,18?,19?,20?,21?,22?,23?,24?,26?,27?,29+/m1/s1. The number of nitrogens with two attached hydrogens (primary N) is 1. The van der Waals surface area contributed by atoms with Crippen molar-refractivity contribution in [1.82, 2.24) is 5.32 Å². The van der Waals surface area contributed by atoms with Crippen LogP contribution in [0.25, 0.3) is 0 Å². The Morgan fingerprint density at radius 1 is 0.897 bits per heavy atom. The Hall–Kier alpha value is -1.59. The summed E-state index contributed by atoms with van der Waals surface area (Å²) in [6.45, 7) is 1.55. The normalized spacial score (nSPS) is 49.8. The van der Waals surface area contributed by atoms with Crippen molar-refractivity contribution in [3.8, 4) is 0 Å². The molecule has 0 aromatic rings. The van der Waals surface area contributed by atoms with Gasteiger partial charge in [0.05, 0.1) is 30.3 Å². The van der Waals surface area contributed by atoms with Gasteiger partial charge in [-0.1, -0.05) is 6.42 Å². The summed E-state index contributed by atoms with van der Waals surface area (Å²) < 4.78 is 0. The van der Waals surface area contributed by atoms with Gasteiger partial charge in [-0.3, -0.25) is 14.4 Å². The van der Waals surface area contributed by atoms with Crippen LogP contribution < -0.4 is 11.1 Å². The molecular weight excluding hydrogens is 504 g/mol. The quantitative estimate of drug-likeness (QED) is 0.249. The highest BCUT2D eigenvalue weighted by Crippen LogP contribution is 2.57. The SMILES string of the molecule is CC(=O)NC1CCC(CCC2CCC(O)C3C(=O)C4C(O)[C@]5(O)C(O)C(C(N)=O)C(O)C[C@@H]5C[C@@H]4CC23)CC1. The number of nitrogens with one attached hydrogen (secondary N) is 1. The summed E-state index contributed by atoms with van der Waals surface area (Å²) in [6.07, 6.45) is 3.09. The van der Waals surface area contributed by atoms with Gasteiger partial charge in [0, 0.05) is 24.8 Å². The fourth-order valence-electron chi connectivity index (χ4n) is 9.46. The molecule has 5 rings (SSSR count). The van der Waals surface area contributed by atoms with Crippen molar-refractivity contribution in [3.05, 3.63) is 0 Å². The monoisotopic (exact) mass is 550 g/mol. The molecule has 10 nitrogen and oxygen atoms in total. The number of hydrogen-bond acceptors (Lipinski definition) is 8. The fourth-order valence-corrected chi connectivity index (χ4v) is 9.46. The molecule has 12 atom stereocenters. The van der Waals surface area contributed by atoms with E-state index >= 15 is 0 Å². The number of aliphatic hydroxyl groups is 5. The van der Waals surface area contributed by atoms with Crippen molar-refractivity contribution >= 4 is 17.6 Å². The maximum Gasteiger partial charge on any atom is 0.225 e. The van der Waals surface area contributed by atoms with E-state index in [9.17, 15) is 39.9 Å². The largest absolute Gasteiger partial charge is 0.392 e. The predicted octanol–water partition coefficient (Wildman–Crippen LogP) is 0.00890. The Morgan fingerprint density at radius 3 is 2.23 bits per heavy atom. The third kappa shape index (κ3) is 5.05. The first-order chi connectivity index (χ1) is 18.4. The molecule has 220 valence electrons. The first-order valence-electron chi connectivity index (χ1n) is 15.0. The third-order valence-corrected chi connectivity index (χ3v) is 11.4. The molecule has 0 heterocycles. The van der Waals surface area contributed by atoms with Crippen molar-refractivity contribution in [2.75, 3.05) is 0 Å². The molecule has 5 aliphatic rings. The van der Waals surface area contributed by atoms with E-state index in [-0.39, 0.29) is 41.9 Å². The molecule has 0 saturated heterocycles. The lowest BCUT2D eigenvalue weighted by Crippen LogP contribution is -2.73. The van der Waals surface area contributed by atoms with Crippen molar-refractivity contribution < 1.29 is 39.9 Å². The highest BCUT2D eigenvalue weighted by molar-refractivity contribution is 5.86. The molecule has 0 aliphatic heterocycles. The second kappa shape index (κ2) is 11.0. The Labute approximate surface area is 229 Å². The number of carbonyl (C=O) groups excluding carboxylic acids is 3. The molecule has 5 saturated carbocycles. The highest BCUT2D eigenvalue weighted by Gasteiger charge is 2.67. The number of aliphatic hydroxyl groups excluding tert-OH is 4. The zero-order valence-corrected chi connectivity index (χ0v) is 22.8. The third-order valence-electron chi connectivity index (χ3n) is 11.4. The number of ketones is 1. The van der Waals surface area contributed by atoms with Crippen LogP contribution in [0.4, 0.5) is 0 Å². The van der Waals surface area contributed by atoms with Gasteiger partial charge < -0.3 is 36.6 Å². The minimum atomic E-state index is -2.13. The van der Waals surface area contributed by atoms with Crippen LogP contribution in [-0.4, -0.2) is 79.2 Å². The molecule has 0 aromatic carbocycles. The maximum atomic E-state index is 13.9. The van der Waals surface area contributed by atoms with E-state index in [1.807, 2.05) is 0 Å². The Bertz CT molecular complexity index is 954. The molecule has 0 spiro atoms. The minimum Gasteiger partial charge on any atom is -0.392 e. The van der Waals surface area contributed by atoms with E-state index in [4.69, 9.17) is 5.73 Å². The average molecular weight is 551 g/mol. The molecular formula is C29H46N2O8. The summed E-state index contributed by atoms with van der Waals surface area (Å²) in [4.78, 5) is 37.2. The van der Waals surface area contributed by atoms with Crippen LogP contribution in [0.5, 0.6) is 0 Å². The molecule has 5 fully saturated rings. The lowest BCUT2D eigenvalue weighted by molar-refractivity contribution is -0.265. The van der Waals surface area contributed by atoms with Gasteiger partial charge in [-0.05, 0) is 93.8 Å². The summed E-state index contributed by atoms with van der Waals surface area (Å²) in [6, 6.07) is 0.257. The second-order valence-corrected chi connectivity index (χ2v) is 13.5. The van der Waals surface area contributed by atoms with E-state index in [1.165, 1.54) is 0 Å². The number of fused-ring (bicyclic) bond motifs is 3. The maximum absolute atomic E-state index is 13.9. The van der Waals surface area contributed by atoms with E-state index in [1.54, 1.807) is 6.92 Å². The Balaban J connectivity index is 1.29. The smallest absolute Gasteiger partial charge is 0.225 e. The summed E-state index contributed by atoms with van der Waals surface area (Å²) in [5.74, 6) is -4.22. The molecule has 9 unspecified atom stereocenters. The predicted molar refractivity (Wildman–Crippen MR) is 139 cm³/mol. The average Bonchev–Trinajstić information content (AvgIpc) is 2.86. The van der Waals surface area contributed by atoms with Gasteiger partial charge in [0.25, 0.3) is 0 Å². The van der Waals surface area contributed by atoms with Gasteiger partial charge in [0.2, 0.25) is 11.8 Å². The lowest BCUT2D eigenvalue weighted by atomic mass is 9.48. The van der Waals surface area contributed by atoms with Crippen molar-refractivity contribution in [3.63, 3.8) is 0 Å². The van der Waals surface area contributed by atoms with E-state index in [0.717, 1.165) is 44.9 Å². The van der Waals surface area contributed by atoms with E-state index < -0.39 is 59.6 Å². The van der Waals surface area contributed by atoms with Crippen LogP contribution in [0.15, 0.2) is 0 Å². The molecule has 39 heavy (non-hydrogen) atoms.